The van der Waals surface area contributed by atoms with E-state index >= 15 is 0 Å². The van der Waals surface area contributed by atoms with Crippen LogP contribution in [0.15, 0.2) is 35.6 Å². The number of nitrogens with one attached hydrogen (secondary N) is 1. The summed E-state index contributed by atoms with van der Waals surface area (Å²) in [4.78, 5) is 22.2. The normalized spacial score (nSPS) is 17.2. The SMILES string of the molecule is Cc1cnc(NC(=O)C2CC(c3ccccc3F)=NO2)s1. The highest BCUT2D eigenvalue weighted by Crippen LogP contribution is 2.21. The number of rotatable bonds is 3. The molecular weight excluding hydrogens is 293 g/mol. The highest BCUT2D eigenvalue weighted by Gasteiger charge is 2.30. The summed E-state index contributed by atoms with van der Waals surface area (Å²) < 4.78 is 13.7. The van der Waals surface area contributed by atoms with Crippen LogP contribution in [0.1, 0.15) is 16.9 Å². The highest BCUT2D eigenvalue weighted by molar-refractivity contribution is 7.15. The van der Waals surface area contributed by atoms with E-state index < -0.39 is 6.10 Å². The molecule has 1 unspecified atom stereocenters. The van der Waals surface area contributed by atoms with Crippen molar-refractivity contribution in [2.75, 3.05) is 5.32 Å². The first kappa shape index (κ1) is 13.7. The summed E-state index contributed by atoms with van der Waals surface area (Å²) in [5.41, 5.74) is 0.793. The zero-order chi connectivity index (χ0) is 14.8. The van der Waals surface area contributed by atoms with Crippen LogP contribution in [0.25, 0.3) is 0 Å². The fraction of sp³-hybridized carbons (Fsp3) is 0.214. The molecule has 1 N–H and O–H groups in total. The average molecular weight is 305 g/mol. The van der Waals surface area contributed by atoms with Gasteiger partial charge in [-0.1, -0.05) is 23.4 Å². The third-order valence-electron chi connectivity index (χ3n) is 3.00. The molecule has 2 aromatic rings. The molecule has 0 saturated heterocycles. The van der Waals surface area contributed by atoms with Gasteiger partial charge in [-0.05, 0) is 13.0 Å². The molecule has 0 radical (unpaired) electrons. The molecule has 21 heavy (non-hydrogen) atoms. The van der Waals surface area contributed by atoms with Crippen LogP contribution in [0.5, 0.6) is 0 Å². The number of anilines is 1. The van der Waals surface area contributed by atoms with Crippen LogP contribution in [0.4, 0.5) is 9.52 Å². The quantitative estimate of drug-likeness (QED) is 0.948. The second-order valence-electron chi connectivity index (χ2n) is 4.58. The molecular formula is C14H12FN3O2S. The van der Waals surface area contributed by atoms with E-state index in [1.54, 1.807) is 24.4 Å². The van der Waals surface area contributed by atoms with Gasteiger partial charge in [-0.2, -0.15) is 0 Å². The third kappa shape index (κ3) is 2.92. The van der Waals surface area contributed by atoms with Crippen LogP contribution in [-0.2, 0) is 9.63 Å². The van der Waals surface area contributed by atoms with Gasteiger partial charge in [0, 0.05) is 23.1 Å². The number of carbonyl (C=O) groups excluding carboxylic acids is 1. The standard InChI is InChI=1S/C14H12FN3O2S/c1-8-7-16-14(21-8)17-13(19)12-6-11(18-20-12)9-4-2-3-5-10(9)15/h2-5,7,12H,6H2,1H3,(H,16,17,19). The number of nitrogens with zero attached hydrogens (tertiary/aromatic N) is 2. The van der Waals surface area contributed by atoms with Crippen LogP contribution in [-0.4, -0.2) is 22.7 Å². The molecule has 1 aromatic heterocycles. The number of hydrogen-bond donors (Lipinski definition) is 1. The Bertz CT molecular complexity index is 714. The largest absolute Gasteiger partial charge is 0.382 e. The number of oxime groups is 1. The van der Waals surface area contributed by atoms with E-state index in [1.165, 1.54) is 17.4 Å². The van der Waals surface area contributed by atoms with Gasteiger partial charge in [0.1, 0.15) is 5.82 Å². The van der Waals surface area contributed by atoms with Gasteiger partial charge < -0.3 is 4.84 Å². The van der Waals surface area contributed by atoms with Gasteiger partial charge in [0.25, 0.3) is 5.91 Å². The van der Waals surface area contributed by atoms with Gasteiger partial charge in [0.2, 0.25) is 6.10 Å². The predicted octanol–water partition coefficient (Wildman–Crippen LogP) is 2.72. The zero-order valence-electron chi connectivity index (χ0n) is 11.2. The molecule has 0 spiro atoms. The van der Waals surface area contributed by atoms with Crippen LogP contribution in [0.2, 0.25) is 0 Å². The van der Waals surface area contributed by atoms with Crippen molar-refractivity contribution in [3.05, 3.63) is 46.7 Å². The van der Waals surface area contributed by atoms with E-state index in [2.05, 4.69) is 15.5 Å². The molecule has 0 saturated carbocycles. The lowest BCUT2D eigenvalue weighted by molar-refractivity contribution is -0.125. The number of aromatic nitrogens is 1. The summed E-state index contributed by atoms with van der Waals surface area (Å²) >= 11 is 1.38. The minimum atomic E-state index is -0.760. The van der Waals surface area contributed by atoms with E-state index in [0.717, 1.165) is 4.88 Å². The molecule has 1 aliphatic heterocycles. The average Bonchev–Trinajstić information content (AvgIpc) is 3.09. The summed E-state index contributed by atoms with van der Waals surface area (Å²) in [6, 6.07) is 6.28. The summed E-state index contributed by atoms with van der Waals surface area (Å²) in [5, 5.41) is 7.00. The number of amides is 1. The van der Waals surface area contributed by atoms with E-state index in [1.807, 2.05) is 6.92 Å². The first-order chi connectivity index (χ1) is 10.1. The Balaban J connectivity index is 1.66. The van der Waals surface area contributed by atoms with Gasteiger partial charge >= 0.3 is 0 Å². The van der Waals surface area contributed by atoms with Gasteiger partial charge in [-0.3, -0.25) is 10.1 Å². The van der Waals surface area contributed by atoms with E-state index in [0.29, 0.717) is 16.4 Å². The summed E-state index contributed by atoms with van der Waals surface area (Å²) in [6.45, 7) is 1.90. The predicted molar refractivity (Wildman–Crippen MR) is 77.9 cm³/mol. The Hall–Kier alpha value is -2.28. The number of hydrogen-bond acceptors (Lipinski definition) is 5. The van der Waals surface area contributed by atoms with Gasteiger partial charge in [0.15, 0.2) is 5.13 Å². The van der Waals surface area contributed by atoms with Crippen molar-refractivity contribution in [2.24, 2.45) is 5.16 Å². The molecule has 0 aliphatic carbocycles. The monoisotopic (exact) mass is 305 g/mol. The van der Waals surface area contributed by atoms with Crippen molar-refractivity contribution in [3.63, 3.8) is 0 Å². The molecule has 1 aromatic carbocycles. The van der Waals surface area contributed by atoms with Crippen LogP contribution < -0.4 is 5.32 Å². The molecule has 2 heterocycles. The Morgan fingerprint density at radius 3 is 3.00 bits per heavy atom. The fourth-order valence-electron chi connectivity index (χ4n) is 1.97. The summed E-state index contributed by atoms with van der Waals surface area (Å²) in [6.07, 6.45) is 1.15. The molecule has 3 rings (SSSR count). The van der Waals surface area contributed by atoms with Crippen molar-refractivity contribution in [1.82, 2.24) is 4.98 Å². The Morgan fingerprint density at radius 1 is 1.48 bits per heavy atom. The topological polar surface area (TPSA) is 63.6 Å². The lowest BCUT2D eigenvalue weighted by Crippen LogP contribution is -2.28. The summed E-state index contributed by atoms with van der Waals surface area (Å²) in [5.74, 6) is -0.712. The van der Waals surface area contributed by atoms with Crippen molar-refractivity contribution >= 4 is 28.1 Å². The smallest absolute Gasteiger partial charge is 0.270 e. The molecule has 108 valence electrons. The maximum atomic E-state index is 13.7. The first-order valence-corrected chi connectivity index (χ1v) is 7.16. The molecule has 1 atom stereocenters. The number of carbonyl (C=O) groups is 1. The fourth-order valence-corrected chi connectivity index (χ4v) is 2.64. The van der Waals surface area contributed by atoms with Crippen molar-refractivity contribution in [1.29, 1.82) is 0 Å². The highest BCUT2D eigenvalue weighted by atomic mass is 32.1. The second kappa shape index (κ2) is 5.61. The maximum absolute atomic E-state index is 13.7. The third-order valence-corrected chi connectivity index (χ3v) is 3.83. The molecule has 1 amide bonds. The van der Waals surface area contributed by atoms with Crippen LogP contribution in [0, 0.1) is 12.7 Å². The number of aryl methyl sites for hydroxylation is 1. The Morgan fingerprint density at radius 2 is 2.29 bits per heavy atom. The first-order valence-electron chi connectivity index (χ1n) is 6.34. The number of halogens is 1. The lowest BCUT2D eigenvalue weighted by Gasteiger charge is -2.07. The second-order valence-corrected chi connectivity index (χ2v) is 5.82. The van der Waals surface area contributed by atoms with Crippen molar-refractivity contribution < 1.29 is 14.0 Å². The van der Waals surface area contributed by atoms with Crippen LogP contribution in [0.3, 0.4) is 0 Å². The Kier molecular flexibility index (Phi) is 3.66. The molecule has 7 heteroatoms. The van der Waals surface area contributed by atoms with Crippen LogP contribution >= 0.6 is 11.3 Å². The minimum Gasteiger partial charge on any atom is -0.382 e. The zero-order valence-corrected chi connectivity index (χ0v) is 12.0. The molecule has 0 fully saturated rings. The molecule has 0 bridgehead atoms. The van der Waals surface area contributed by atoms with Gasteiger partial charge in [-0.15, -0.1) is 11.3 Å². The van der Waals surface area contributed by atoms with Crippen molar-refractivity contribution in [3.8, 4) is 0 Å². The van der Waals surface area contributed by atoms with E-state index in [9.17, 15) is 9.18 Å². The minimum absolute atomic E-state index is 0.233. The molecule has 5 nitrogen and oxygen atoms in total. The molecule has 1 aliphatic rings. The maximum Gasteiger partial charge on any atom is 0.270 e. The lowest BCUT2D eigenvalue weighted by atomic mass is 10.0. The van der Waals surface area contributed by atoms with E-state index in [-0.39, 0.29) is 18.1 Å². The van der Waals surface area contributed by atoms with Gasteiger partial charge in [0.05, 0.1) is 5.71 Å². The van der Waals surface area contributed by atoms with E-state index in [4.69, 9.17) is 4.84 Å². The number of benzene rings is 1. The van der Waals surface area contributed by atoms with Crippen molar-refractivity contribution in [2.45, 2.75) is 19.4 Å². The summed E-state index contributed by atoms with van der Waals surface area (Å²) in [7, 11) is 0. The number of thiazole rings is 1. The Labute approximate surface area is 124 Å². The van der Waals surface area contributed by atoms with Gasteiger partial charge in [-0.25, -0.2) is 9.37 Å².